The van der Waals surface area contributed by atoms with Crippen LogP contribution in [0.5, 0.6) is 0 Å². The van der Waals surface area contributed by atoms with Crippen molar-refractivity contribution in [1.82, 2.24) is 15.1 Å². The van der Waals surface area contributed by atoms with E-state index in [4.69, 9.17) is 0 Å². The van der Waals surface area contributed by atoms with Crippen molar-refractivity contribution >= 4 is 11.6 Å². The van der Waals surface area contributed by atoms with Crippen molar-refractivity contribution < 1.29 is 9.18 Å². The molecule has 134 valence electrons. The number of amides is 1. The Labute approximate surface area is 146 Å². The molecule has 0 saturated carbocycles. The summed E-state index contributed by atoms with van der Waals surface area (Å²) in [5.41, 5.74) is 1.75. The minimum Gasteiger partial charge on any atom is -0.374 e. The van der Waals surface area contributed by atoms with Crippen LogP contribution in [0, 0.1) is 19.7 Å². The topological polar surface area (TPSA) is 67.2 Å². The molecule has 1 aromatic carbocycles. The number of hydrogen-bond donors (Lipinski definition) is 1. The Kier molecular flexibility index (Phi) is 5.90. The molecule has 25 heavy (non-hydrogen) atoms. The number of carbonyl (C=O) groups is 1. The Morgan fingerprint density at radius 1 is 1.36 bits per heavy atom. The lowest BCUT2D eigenvalue weighted by molar-refractivity contribution is 0.0950. The van der Waals surface area contributed by atoms with E-state index in [0.717, 1.165) is 5.69 Å². The molecule has 1 amide bonds. The van der Waals surface area contributed by atoms with Gasteiger partial charge in [-0.05, 0) is 44.0 Å². The molecule has 1 N–H and O–H groups in total. The Bertz CT molecular complexity index is 832. The zero-order chi connectivity index (χ0) is 18.6. The third kappa shape index (κ3) is 4.43. The lowest BCUT2D eigenvalue weighted by Crippen LogP contribution is -2.36. The molecule has 0 atom stereocenters. The van der Waals surface area contributed by atoms with E-state index in [1.807, 2.05) is 18.0 Å². The zero-order valence-corrected chi connectivity index (χ0v) is 15.0. The molecular weight excluding hydrogens is 323 g/mol. The van der Waals surface area contributed by atoms with Gasteiger partial charge in [0.1, 0.15) is 11.4 Å². The predicted molar refractivity (Wildman–Crippen MR) is 95.6 cm³/mol. The highest BCUT2D eigenvalue weighted by Gasteiger charge is 2.17. The van der Waals surface area contributed by atoms with E-state index >= 15 is 0 Å². The van der Waals surface area contributed by atoms with Crippen molar-refractivity contribution in [2.75, 3.05) is 25.0 Å². The molecule has 6 nitrogen and oxygen atoms in total. The fraction of sp³-hybridized carbons (Fsp3) is 0.389. The van der Waals surface area contributed by atoms with Crippen molar-refractivity contribution in [1.29, 1.82) is 0 Å². The van der Waals surface area contributed by atoms with Gasteiger partial charge in [0.25, 0.3) is 11.5 Å². The van der Waals surface area contributed by atoms with Crippen LogP contribution < -0.4 is 15.8 Å². The molecule has 0 fully saturated rings. The van der Waals surface area contributed by atoms with Gasteiger partial charge < -0.3 is 10.2 Å². The molecule has 0 unspecified atom stereocenters. The van der Waals surface area contributed by atoms with E-state index < -0.39 is 11.5 Å². The average Bonchev–Trinajstić information content (AvgIpc) is 2.57. The van der Waals surface area contributed by atoms with Crippen molar-refractivity contribution in [3.63, 3.8) is 0 Å². The smallest absolute Gasteiger partial charge is 0.279 e. The van der Waals surface area contributed by atoms with Crippen LogP contribution in [0.15, 0.2) is 29.1 Å². The van der Waals surface area contributed by atoms with Gasteiger partial charge >= 0.3 is 0 Å². The van der Waals surface area contributed by atoms with E-state index in [-0.39, 0.29) is 11.4 Å². The number of hydrogen-bond acceptors (Lipinski definition) is 4. The molecule has 0 spiro atoms. The third-order valence-corrected chi connectivity index (χ3v) is 4.16. The fourth-order valence-corrected chi connectivity index (χ4v) is 2.57. The van der Waals surface area contributed by atoms with Crippen LogP contribution in [0.2, 0.25) is 0 Å². The highest BCUT2D eigenvalue weighted by Crippen LogP contribution is 2.13. The van der Waals surface area contributed by atoms with Gasteiger partial charge in [0.05, 0.1) is 5.69 Å². The summed E-state index contributed by atoms with van der Waals surface area (Å²) in [6.07, 6.45) is 0.669. The first kappa shape index (κ1) is 18.6. The number of aromatic nitrogens is 2. The Morgan fingerprint density at radius 3 is 2.76 bits per heavy atom. The van der Waals surface area contributed by atoms with Gasteiger partial charge in [-0.1, -0.05) is 6.07 Å². The van der Waals surface area contributed by atoms with E-state index in [9.17, 15) is 14.0 Å². The Morgan fingerprint density at radius 2 is 2.08 bits per heavy atom. The molecule has 2 rings (SSSR count). The van der Waals surface area contributed by atoms with E-state index in [1.165, 1.54) is 23.9 Å². The second-order valence-electron chi connectivity index (χ2n) is 6.03. The molecule has 1 aromatic heterocycles. The van der Waals surface area contributed by atoms with Gasteiger partial charge in [0, 0.05) is 32.9 Å². The summed E-state index contributed by atoms with van der Waals surface area (Å²) < 4.78 is 14.4. The number of halogens is 1. The summed E-state index contributed by atoms with van der Waals surface area (Å²) in [6.45, 7) is 4.55. The molecular formula is C18H23FN4O2. The third-order valence-electron chi connectivity index (χ3n) is 4.16. The second kappa shape index (κ2) is 7.92. The highest BCUT2D eigenvalue weighted by molar-refractivity contribution is 5.95. The second-order valence-corrected chi connectivity index (χ2v) is 6.03. The number of nitrogens with one attached hydrogen (secondary N) is 1. The summed E-state index contributed by atoms with van der Waals surface area (Å²) in [5, 5.41) is 6.84. The van der Waals surface area contributed by atoms with E-state index in [2.05, 4.69) is 10.4 Å². The van der Waals surface area contributed by atoms with Crippen molar-refractivity contribution in [3.8, 4) is 0 Å². The van der Waals surface area contributed by atoms with Crippen LogP contribution in [-0.4, -0.2) is 35.8 Å². The standard InChI is InChI=1S/C18H23FN4O2/c1-12-13(2)21-23(4)18(25)16(12)17(24)20-9-6-10-22(3)15-8-5-7-14(19)11-15/h5,7-8,11H,6,9-10H2,1-4H3,(H,20,24). The molecule has 1 heterocycles. The van der Waals surface area contributed by atoms with Crippen LogP contribution >= 0.6 is 0 Å². The first-order chi connectivity index (χ1) is 11.8. The normalized spacial score (nSPS) is 10.6. The highest BCUT2D eigenvalue weighted by atomic mass is 19.1. The molecule has 0 saturated heterocycles. The summed E-state index contributed by atoms with van der Waals surface area (Å²) in [7, 11) is 3.39. The summed E-state index contributed by atoms with van der Waals surface area (Å²) in [4.78, 5) is 26.4. The van der Waals surface area contributed by atoms with Crippen LogP contribution in [0.3, 0.4) is 0 Å². The minimum absolute atomic E-state index is 0.133. The largest absolute Gasteiger partial charge is 0.374 e. The molecule has 0 bridgehead atoms. The Balaban J connectivity index is 1.92. The van der Waals surface area contributed by atoms with Gasteiger partial charge in [0.2, 0.25) is 0 Å². The lowest BCUT2D eigenvalue weighted by atomic mass is 10.1. The Hall–Kier alpha value is -2.70. The van der Waals surface area contributed by atoms with Crippen LogP contribution in [0.25, 0.3) is 0 Å². The van der Waals surface area contributed by atoms with Crippen molar-refractivity contribution in [2.45, 2.75) is 20.3 Å². The van der Waals surface area contributed by atoms with Crippen LogP contribution in [-0.2, 0) is 7.05 Å². The first-order valence-electron chi connectivity index (χ1n) is 8.10. The summed E-state index contributed by atoms with van der Waals surface area (Å²) in [5.74, 6) is -0.672. The van der Waals surface area contributed by atoms with Gasteiger partial charge in [-0.15, -0.1) is 0 Å². The predicted octanol–water partition coefficient (Wildman–Crippen LogP) is 1.79. The van der Waals surface area contributed by atoms with E-state index in [0.29, 0.717) is 30.8 Å². The molecule has 7 heteroatoms. The monoisotopic (exact) mass is 346 g/mol. The maximum Gasteiger partial charge on any atom is 0.279 e. The zero-order valence-electron chi connectivity index (χ0n) is 15.0. The maximum atomic E-state index is 13.2. The SMILES string of the molecule is Cc1nn(C)c(=O)c(C(=O)NCCCN(C)c2cccc(F)c2)c1C. The fourth-order valence-electron chi connectivity index (χ4n) is 2.57. The van der Waals surface area contributed by atoms with E-state index in [1.54, 1.807) is 19.9 Å². The molecule has 0 aliphatic rings. The number of anilines is 1. The van der Waals surface area contributed by atoms with Crippen molar-refractivity contribution in [2.24, 2.45) is 7.05 Å². The average molecular weight is 346 g/mol. The van der Waals surface area contributed by atoms with Gasteiger partial charge in [-0.3, -0.25) is 9.59 Å². The minimum atomic E-state index is -0.405. The molecule has 0 aliphatic heterocycles. The quantitative estimate of drug-likeness (QED) is 0.810. The number of nitrogens with zero attached hydrogens (tertiary/aromatic N) is 3. The van der Waals surface area contributed by atoms with Gasteiger partial charge in [-0.25, -0.2) is 9.07 Å². The number of benzene rings is 1. The number of rotatable bonds is 6. The van der Waals surface area contributed by atoms with Crippen LogP contribution in [0.1, 0.15) is 28.0 Å². The molecule has 2 aromatic rings. The summed E-state index contributed by atoms with van der Waals surface area (Å²) >= 11 is 0. The summed E-state index contributed by atoms with van der Waals surface area (Å²) in [6, 6.07) is 6.35. The lowest BCUT2D eigenvalue weighted by Gasteiger charge is -2.19. The first-order valence-corrected chi connectivity index (χ1v) is 8.10. The van der Waals surface area contributed by atoms with Gasteiger partial charge in [-0.2, -0.15) is 5.10 Å². The maximum absolute atomic E-state index is 13.2. The molecule has 0 aliphatic carbocycles. The number of aryl methyl sites for hydroxylation is 2. The van der Waals surface area contributed by atoms with Gasteiger partial charge in [0.15, 0.2) is 0 Å². The van der Waals surface area contributed by atoms with Crippen molar-refractivity contribution in [3.05, 3.63) is 57.3 Å². The number of carbonyl (C=O) groups excluding carboxylic acids is 1. The van der Waals surface area contributed by atoms with Crippen LogP contribution in [0.4, 0.5) is 10.1 Å². The molecule has 0 radical (unpaired) electrons.